The lowest BCUT2D eigenvalue weighted by atomic mass is 10.1. The number of likely N-dealkylation sites (tertiary alicyclic amines) is 1. The van der Waals surface area contributed by atoms with Gasteiger partial charge in [-0.05, 0) is 86.0 Å². The van der Waals surface area contributed by atoms with Crippen molar-refractivity contribution in [2.45, 2.75) is 18.9 Å². The van der Waals surface area contributed by atoms with Gasteiger partial charge in [0.2, 0.25) is 5.95 Å². The third-order valence-corrected chi connectivity index (χ3v) is 8.70. The van der Waals surface area contributed by atoms with Crippen molar-refractivity contribution in [3.8, 4) is 5.75 Å². The summed E-state index contributed by atoms with van der Waals surface area (Å²) in [6.07, 6.45) is 7.21. The first-order valence-corrected chi connectivity index (χ1v) is 16.1. The van der Waals surface area contributed by atoms with Crippen LogP contribution < -0.4 is 26.0 Å². The van der Waals surface area contributed by atoms with Gasteiger partial charge in [-0.15, -0.1) is 0 Å². The zero-order chi connectivity index (χ0) is 27.6. The Labute approximate surface area is 236 Å². The van der Waals surface area contributed by atoms with E-state index in [9.17, 15) is 4.57 Å². The molecule has 0 amide bonds. The molecule has 2 aromatic heterocycles. The molecule has 0 spiro atoms. The van der Waals surface area contributed by atoms with Gasteiger partial charge < -0.3 is 30.2 Å². The molecule has 1 unspecified atom stereocenters. The molecule has 1 fully saturated rings. The van der Waals surface area contributed by atoms with Crippen molar-refractivity contribution in [2.75, 3.05) is 56.5 Å². The quantitative estimate of drug-likeness (QED) is 0.223. The number of fused-ring (bicyclic) bond motifs is 1. The van der Waals surface area contributed by atoms with E-state index in [1.54, 1.807) is 39.0 Å². The summed E-state index contributed by atoms with van der Waals surface area (Å²) in [7, 11) is 1.07. The van der Waals surface area contributed by atoms with Crippen LogP contribution in [-0.4, -0.2) is 71.5 Å². The fourth-order valence-corrected chi connectivity index (χ4v) is 6.53. The number of nitrogens with zero attached hydrogens (tertiary/aromatic N) is 5. The van der Waals surface area contributed by atoms with Crippen molar-refractivity contribution < 1.29 is 9.30 Å². The summed E-state index contributed by atoms with van der Waals surface area (Å²) in [5.41, 5.74) is 3.69. The van der Waals surface area contributed by atoms with Crippen LogP contribution in [0.2, 0.25) is 0 Å². The number of ether oxygens (including phenoxy) is 1. The second-order valence-corrected chi connectivity index (χ2v) is 14.0. The highest BCUT2D eigenvalue weighted by atomic mass is 79.9. The lowest BCUT2D eigenvalue weighted by Gasteiger charge is -2.31. The summed E-state index contributed by atoms with van der Waals surface area (Å²) < 4.78 is 19.6. The molecule has 0 aliphatic carbocycles. The van der Waals surface area contributed by atoms with Gasteiger partial charge in [-0.3, -0.25) is 9.97 Å². The number of anilines is 5. The number of likely N-dealkylation sites (N-methyl/N-ethyl adjacent to an activating group) is 1. The first kappa shape index (κ1) is 27.3. The molecular formula is C27H32BrN8O2P. The largest absolute Gasteiger partial charge is 0.495 e. The molecule has 0 saturated carbocycles. The van der Waals surface area contributed by atoms with Crippen LogP contribution in [0.4, 0.5) is 28.8 Å². The van der Waals surface area contributed by atoms with Crippen LogP contribution in [0, 0.1) is 0 Å². The average molecular weight is 611 g/mol. The van der Waals surface area contributed by atoms with Crippen molar-refractivity contribution in [3.63, 3.8) is 0 Å². The van der Waals surface area contributed by atoms with Crippen molar-refractivity contribution in [1.82, 2.24) is 24.8 Å². The fourth-order valence-electron chi connectivity index (χ4n) is 4.85. The predicted molar refractivity (Wildman–Crippen MR) is 162 cm³/mol. The van der Waals surface area contributed by atoms with E-state index >= 15 is 0 Å². The topological polar surface area (TPSA) is 117 Å². The maximum atomic E-state index is 13.3. The lowest BCUT2D eigenvalue weighted by molar-refractivity contribution is 0.261. The molecule has 10 nitrogen and oxygen atoms in total. The highest BCUT2D eigenvalue weighted by Crippen LogP contribution is 2.41. The first-order chi connectivity index (χ1) is 18.7. The van der Waals surface area contributed by atoms with E-state index in [1.807, 2.05) is 30.3 Å². The van der Waals surface area contributed by atoms with E-state index in [0.29, 0.717) is 50.1 Å². The zero-order valence-electron chi connectivity index (χ0n) is 22.4. The summed E-state index contributed by atoms with van der Waals surface area (Å²) >= 11 is 3.55. The number of halogens is 1. The molecule has 3 heterocycles. The van der Waals surface area contributed by atoms with E-state index < -0.39 is 7.14 Å². The van der Waals surface area contributed by atoms with E-state index in [1.165, 1.54) is 6.42 Å². The fraction of sp³-hybridized carbons (Fsp3) is 0.333. The van der Waals surface area contributed by atoms with Gasteiger partial charge in [0.25, 0.3) is 0 Å². The molecule has 1 aliphatic rings. The monoisotopic (exact) mass is 610 g/mol. The van der Waals surface area contributed by atoms with Crippen molar-refractivity contribution in [2.24, 2.45) is 0 Å². The van der Waals surface area contributed by atoms with Crippen LogP contribution >= 0.6 is 23.1 Å². The zero-order valence-corrected chi connectivity index (χ0v) is 24.9. The molecule has 204 valence electrons. The van der Waals surface area contributed by atoms with Crippen LogP contribution in [0.25, 0.3) is 11.0 Å². The average Bonchev–Trinajstić information content (AvgIpc) is 2.90. The van der Waals surface area contributed by atoms with Crippen LogP contribution in [0.3, 0.4) is 0 Å². The summed E-state index contributed by atoms with van der Waals surface area (Å²) in [6, 6.07) is 10.1. The molecule has 0 radical (unpaired) electrons. The molecule has 39 heavy (non-hydrogen) atoms. The second-order valence-electron chi connectivity index (χ2n) is 10.0. The Kier molecular flexibility index (Phi) is 8.02. The predicted octanol–water partition coefficient (Wildman–Crippen LogP) is 5.43. The molecule has 4 aromatic rings. The minimum Gasteiger partial charge on any atom is -0.495 e. The van der Waals surface area contributed by atoms with Crippen molar-refractivity contribution in [3.05, 3.63) is 53.4 Å². The van der Waals surface area contributed by atoms with E-state index in [4.69, 9.17) is 9.72 Å². The maximum absolute atomic E-state index is 13.3. The Morgan fingerprint density at radius 3 is 2.67 bits per heavy atom. The summed E-state index contributed by atoms with van der Waals surface area (Å²) in [6.45, 7) is 5.59. The van der Waals surface area contributed by atoms with Gasteiger partial charge in [-0.2, -0.15) is 4.98 Å². The molecule has 5 rings (SSSR count). The Balaban J connectivity index is 1.43. The highest BCUT2D eigenvalue weighted by Gasteiger charge is 2.23. The highest BCUT2D eigenvalue weighted by molar-refractivity contribution is 9.10. The second kappa shape index (κ2) is 11.5. The van der Waals surface area contributed by atoms with Crippen LogP contribution in [0.1, 0.15) is 12.8 Å². The summed E-state index contributed by atoms with van der Waals surface area (Å²) in [4.78, 5) is 20.3. The molecule has 1 saturated heterocycles. The number of rotatable bonds is 8. The van der Waals surface area contributed by atoms with Gasteiger partial charge in [0.05, 0.1) is 33.8 Å². The minimum absolute atomic E-state index is 0.381. The Morgan fingerprint density at radius 1 is 1.08 bits per heavy atom. The number of hydrogen-bond donors (Lipinski definition) is 3. The van der Waals surface area contributed by atoms with Crippen molar-refractivity contribution in [1.29, 1.82) is 0 Å². The van der Waals surface area contributed by atoms with Gasteiger partial charge >= 0.3 is 0 Å². The SMILES string of the molecule is COc1ccc(NC2CCCN(C)C2)cc1Nc1ncc(Br)c(Nc2ccc3nccnc3c2P(C)(C)=O)n1. The smallest absolute Gasteiger partial charge is 0.229 e. The normalized spacial score (nSPS) is 16.2. The number of methoxy groups -OCH3 is 1. The molecule has 12 heteroatoms. The summed E-state index contributed by atoms with van der Waals surface area (Å²) in [5.74, 6) is 1.58. The Morgan fingerprint density at radius 2 is 1.90 bits per heavy atom. The Bertz CT molecular complexity index is 1550. The molecule has 3 N–H and O–H groups in total. The van der Waals surface area contributed by atoms with E-state index in [2.05, 4.69) is 58.8 Å². The van der Waals surface area contributed by atoms with Crippen LogP contribution in [0.5, 0.6) is 5.75 Å². The third-order valence-electron chi connectivity index (χ3n) is 6.59. The van der Waals surface area contributed by atoms with Gasteiger partial charge in [0, 0.05) is 36.9 Å². The number of hydrogen-bond acceptors (Lipinski definition) is 10. The number of nitrogens with one attached hydrogen (secondary N) is 3. The van der Waals surface area contributed by atoms with Crippen LogP contribution in [-0.2, 0) is 4.57 Å². The lowest BCUT2D eigenvalue weighted by Crippen LogP contribution is -2.39. The summed E-state index contributed by atoms with van der Waals surface area (Å²) in [5, 5.41) is 10.9. The Hall–Kier alpha value is -3.27. The van der Waals surface area contributed by atoms with Gasteiger partial charge in [-0.1, -0.05) is 0 Å². The molecule has 2 aromatic carbocycles. The maximum Gasteiger partial charge on any atom is 0.229 e. The van der Waals surface area contributed by atoms with Gasteiger partial charge in [-0.25, -0.2) is 4.98 Å². The van der Waals surface area contributed by atoms with Gasteiger partial charge in [0.1, 0.15) is 24.2 Å². The van der Waals surface area contributed by atoms with Gasteiger partial charge in [0.15, 0.2) is 0 Å². The van der Waals surface area contributed by atoms with Crippen LogP contribution in [0.15, 0.2) is 53.4 Å². The van der Waals surface area contributed by atoms with E-state index in [0.717, 1.165) is 30.9 Å². The number of aromatic nitrogens is 4. The molecule has 1 aliphatic heterocycles. The number of benzene rings is 2. The van der Waals surface area contributed by atoms with Crippen molar-refractivity contribution >= 4 is 68.2 Å². The van der Waals surface area contributed by atoms with E-state index in [-0.39, 0.29) is 0 Å². The minimum atomic E-state index is -2.72. The first-order valence-electron chi connectivity index (χ1n) is 12.7. The number of piperidine rings is 1. The molecular weight excluding hydrogens is 579 g/mol. The molecule has 1 atom stereocenters. The third kappa shape index (κ3) is 6.32. The standard InChI is InChI=1S/C27H32BrN8O2P/c1-36-13-5-6-18(16-36)32-17-7-10-23(38-2)22(14-17)34-27-31-15-19(28)26(35-27)33-21-9-8-20-24(30-12-11-29-20)25(21)39(3,4)37/h7-12,14-15,18,32H,5-6,13,16H2,1-4H3,(H2,31,33,34,35). The molecule has 0 bridgehead atoms.